The first kappa shape index (κ1) is 19.3. The third-order valence-corrected chi connectivity index (χ3v) is 3.98. The van der Waals surface area contributed by atoms with Gasteiger partial charge in [-0.25, -0.2) is 14.5 Å². The Balaban J connectivity index is 1.83. The van der Waals surface area contributed by atoms with Crippen molar-refractivity contribution in [2.24, 2.45) is 0 Å². The highest BCUT2D eigenvalue weighted by molar-refractivity contribution is 5.99. The zero-order valence-corrected chi connectivity index (χ0v) is 15.1. The van der Waals surface area contributed by atoms with E-state index in [1.807, 2.05) is 0 Å². The minimum Gasteiger partial charge on any atom is -0.481 e. The number of anilines is 1. The number of carbonyl (C=O) groups excluding carboxylic acids is 2. The molecule has 0 radical (unpaired) electrons. The second kappa shape index (κ2) is 8.05. The molecule has 3 rings (SSSR count). The van der Waals surface area contributed by atoms with Crippen LogP contribution in [0.5, 0.6) is 5.88 Å². The lowest BCUT2D eigenvalue weighted by Gasteiger charge is -2.33. The Hall–Kier alpha value is -3.47. The van der Waals surface area contributed by atoms with Gasteiger partial charge in [0.05, 0.1) is 25.9 Å². The van der Waals surface area contributed by atoms with Crippen LogP contribution in [0, 0.1) is 0 Å². The number of amides is 1. The van der Waals surface area contributed by atoms with Crippen molar-refractivity contribution in [3.05, 3.63) is 30.6 Å². The number of esters is 1. The average Bonchev–Trinajstić information content (AvgIpc) is 3.16. The maximum Gasteiger partial charge on any atom is 0.348 e. The summed E-state index contributed by atoms with van der Waals surface area (Å²) >= 11 is 0. The number of aliphatic carboxylic acids is 1. The predicted octanol–water partition coefficient (Wildman–Crippen LogP) is 0.0240. The van der Waals surface area contributed by atoms with Gasteiger partial charge in [-0.05, 0) is 6.07 Å². The van der Waals surface area contributed by atoms with E-state index in [0.29, 0.717) is 17.4 Å². The van der Waals surface area contributed by atoms with E-state index < -0.39 is 30.1 Å². The van der Waals surface area contributed by atoms with Gasteiger partial charge in [-0.15, -0.1) is 5.10 Å². The largest absolute Gasteiger partial charge is 0.481 e. The highest BCUT2D eigenvalue weighted by Gasteiger charge is 2.43. The van der Waals surface area contributed by atoms with E-state index in [0.717, 1.165) is 6.92 Å². The standard InChI is InChI=1S/C17H18N4O7/c1-10(22)28-15(17(24)25)14-16(23)20(7-8-27-14)12-4-6-21(19-12)11-3-5-18-13(9-11)26-2/h3-6,9,14-15H,7-8H2,1-2H3,(H,24,25)/t14-,15?/m1/s1. The van der Waals surface area contributed by atoms with Gasteiger partial charge in [0.1, 0.15) is 0 Å². The normalized spacial score (nSPS) is 17.9. The number of methoxy groups -OCH3 is 1. The van der Waals surface area contributed by atoms with Crippen molar-refractivity contribution >= 4 is 23.7 Å². The Morgan fingerprint density at radius 1 is 1.39 bits per heavy atom. The van der Waals surface area contributed by atoms with Crippen molar-refractivity contribution in [1.29, 1.82) is 0 Å². The van der Waals surface area contributed by atoms with Crippen LogP contribution < -0.4 is 9.64 Å². The van der Waals surface area contributed by atoms with E-state index in [-0.39, 0.29) is 13.2 Å². The molecular formula is C17H18N4O7. The number of hydrogen-bond donors (Lipinski definition) is 1. The third kappa shape index (κ3) is 3.93. The van der Waals surface area contributed by atoms with Gasteiger partial charge in [-0.1, -0.05) is 0 Å². The minimum absolute atomic E-state index is 0.0669. The first-order valence-corrected chi connectivity index (χ1v) is 8.30. The summed E-state index contributed by atoms with van der Waals surface area (Å²) in [6.07, 6.45) is 0.00518. The molecule has 0 bridgehead atoms. The molecule has 0 aromatic carbocycles. The number of nitrogens with zero attached hydrogens (tertiary/aromatic N) is 4. The SMILES string of the molecule is COc1cc(-n2ccc(N3CCO[C@H](C(OC(C)=O)C(=O)O)C3=O)n2)ccn1. The van der Waals surface area contributed by atoms with Crippen molar-refractivity contribution in [3.63, 3.8) is 0 Å². The zero-order chi connectivity index (χ0) is 20.3. The van der Waals surface area contributed by atoms with Crippen LogP contribution in [0.2, 0.25) is 0 Å². The summed E-state index contributed by atoms with van der Waals surface area (Å²) in [6, 6.07) is 4.99. The monoisotopic (exact) mass is 390 g/mol. The first-order chi connectivity index (χ1) is 13.4. The van der Waals surface area contributed by atoms with Gasteiger partial charge in [-0.2, -0.15) is 0 Å². The van der Waals surface area contributed by atoms with E-state index in [4.69, 9.17) is 14.2 Å². The fraction of sp³-hybridized carbons (Fsp3) is 0.353. The van der Waals surface area contributed by atoms with Crippen LogP contribution in [-0.2, 0) is 23.9 Å². The molecule has 0 spiro atoms. The Bertz CT molecular complexity index is 897. The molecule has 1 amide bonds. The lowest BCUT2D eigenvalue weighted by Crippen LogP contribution is -2.55. The molecule has 2 aromatic rings. The molecule has 3 heterocycles. The summed E-state index contributed by atoms with van der Waals surface area (Å²) in [5, 5.41) is 13.6. The maximum absolute atomic E-state index is 12.8. The first-order valence-electron chi connectivity index (χ1n) is 8.30. The van der Waals surface area contributed by atoms with Gasteiger partial charge >= 0.3 is 11.9 Å². The summed E-state index contributed by atoms with van der Waals surface area (Å²) in [7, 11) is 1.50. The van der Waals surface area contributed by atoms with Crippen LogP contribution in [0.25, 0.3) is 5.69 Å². The van der Waals surface area contributed by atoms with Crippen LogP contribution in [0.15, 0.2) is 30.6 Å². The minimum atomic E-state index is -1.74. The van der Waals surface area contributed by atoms with Gasteiger partial charge in [-0.3, -0.25) is 14.5 Å². The van der Waals surface area contributed by atoms with E-state index in [9.17, 15) is 19.5 Å². The molecule has 28 heavy (non-hydrogen) atoms. The van der Waals surface area contributed by atoms with Crippen LogP contribution in [-0.4, -0.2) is 70.2 Å². The number of morpholine rings is 1. The number of pyridine rings is 1. The molecule has 1 aliphatic heterocycles. The Morgan fingerprint density at radius 3 is 2.86 bits per heavy atom. The van der Waals surface area contributed by atoms with Crippen molar-refractivity contribution in [2.45, 2.75) is 19.1 Å². The second-order valence-electron chi connectivity index (χ2n) is 5.82. The van der Waals surface area contributed by atoms with Gasteiger partial charge < -0.3 is 19.3 Å². The fourth-order valence-corrected chi connectivity index (χ4v) is 2.73. The van der Waals surface area contributed by atoms with Crippen molar-refractivity contribution in [3.8, 4) is 11.6 Å². The highest BCUT2D eigenvalue weighted by Crippen LogP contribution is 2.22. The Kier molecular flexibility index (Phi) is 5.54. The smallest absolute Gasteiger partial charge is 0.348 e. The molecule has 1 saturated heterocycles. The van der Waals surface area contributed by atoms with E-state index in [1.54, 1.807) is 30.6 Å². The van der Waals surface area contributed by atoms with E-state index in [2.05, 4.69) is 10.1 Å². The molecule has 2 atom stereocenters. The summed E-state index contributed by atoms with van der Waals surface area (Å²) in [4.78, 5) is 40.7. The average molecular weight is 390 g/mol. The number of hydrogen-bond acceptors (Lipinski definition) is 8. The quantitative estimate of drug-likeness (QED) is 0.678. The summed E-state index contributed by atoms with van der Waals surface area (Å²) in [5.74, 6) is -2.23. The van der Waals surface area contributed by atoms with Gasteiger partial charge in [0, 0.05) is 31.5 Å². The number of rotatable bonds is 6. The van der Waals surface area contributed by atoms with E-state index >= 15 is 0 Å². The molecule has 2 aromatic heterocycles. The van der Waals surface area contributed by atoms with Gasteiger partial charge in [0.15, 0.2) is 11.9 Å². The summed E-state index contributed by atoms with van der Waals surface area (Å²) in [6.45, 7) is 1.31. The molecule has 1 N–H and O–H groups in total. The molecule has 1 fully saturated rings. The fourth-order valence-electron chi connectivity index (χ4n) is 2.73. The Labute approximate surface area is 159 Å². The van der Waals surface area contributed by atoms with Crippen LogP contribution in [0.4, 0.5) is 5.82 Å². The van der Waals surface area contributed by atoms with Crippen LogP contribution in [0.1, 0.15) is 6.92 Å². The highest BCUT2D eigenvalue weighted by atomic mass is 16.6. The number of ether oxygens (including phenoxy) is 3. The van der Waals surface area contributed by atoms with Gasteiger partial charge in [0.25, 0.3) is 5.91 Å². The molecule has 11 heteroatoms. The molecule has 0 aliphatic carbocycles. The third-order valence-electron chi connectivity index (χ3n) is 3.98. The molecular weight excluding hydrogens is 372 g/mol. The van der Waals surface area contributed by atoms with Crippen LogP contribution in [0.3, 0.4) is 0 Å². The number of carboxylic acids is 1. The summed E-state index contributed by atoms with van der Waals surface area (Å²) in [5.41, 5.74) is 0.665. The molecule has 1 aliphatic rings. The molecule has 1 unspecified atom stereocenters. The van der Waals surface area contributed by atoms with Crippen molar-refractivity contribution in [2.75, 3.05) is 25.2 Å². The number of carbonyl (C=O) groups is 3. The topological polar surface area (TPSA) is 133 Å². The Morgan fingerprint density at radius 2 is 2.18 bits per heavy atom. The lowest BCUT2D eigenvalue weighted by molar-refractivity contribution is -0.177. The number of carboxylic acid groups (broad SMARTS) is 1. The van der Waals surface area contributed by atoms with Gasteiger partial charge in [0.2, 0.25) is 12.0 Å². The molecule has 11 nitrogen and oxygen atoms in total. The lowest BCUT2D eigenvalue weighted by atomic mass is 10.1. The van der Waals surface area contributed by atoms with Crippen LogP contribution >= 0.6 is 0 Å². The predicted molar refractivity (Wildman–Crippen MR) is 93.2 cm³/mol. The summed E-state index contributed by atoms with van der Waals surface area (Å²) < 4.78 is 16.6. The second-order valence-corrected chi connectivity index (χ2v) is 5.82. The van der Waals surface area contributed by atoms with Crippen molar-refractivity contribution in [1.82, 2.24) is 14.8 Å². The molecule has 148 valence electrons. The maximum atomic E-state index is 12.8. The van der Waals surface area contributed by atoms with Crippen molar-refractivity contribution < 1.29 is 33.7 Å². The van der Waals surface area contributed by atoms with E-state index in [1.165, 1.54) is 16.7 Å². The zero-order valence-electron chi connectivity index (χ0n) is 15.1. The molecule has 0 saturated carbocycles. The number of aromatic nitrogens is 3.